The first-order valence-corrected chi connectivity index (χ1v) is 11.4. The number of para-hydroxylation sites is 1. The molecule has 0 fully saturated rings. The Morgan fingerprint density at radius 1 is 0.938 bits per heavy atom. The molecule has 0 aliphatic rings. The highest BCUT2D eigenvalue weighted by atomic mass is 79.9. The van der Waals surface area contributed by atoms with Crippen molar-refractivity contribution in [2.24, 2.45) is 0 Å². The van der Waals surface area contributed by atoms with Crippen molar-refractivity contribution >= 4 is 32.9 Å². The lowest BCUT2D eigenvalue weighted by Gasteiger charge is -2.11. The number of aromatic nitrogens is 1. The van der Waals surface area contributed by atoms with E-state index in [-0.39, 0.29) is 0 Å². The van der Waals surface area contributed by atoms with Gasteiger partial charge in [0.1, 0.15) is 0 Å². The quantitative estimate of drug-likeness (QED) is 0.264. The smallest absolute Gasteiger partial charge is 0.161 e. The van der Waals surface area contributed by atoms with Crippen LogP contribution in [-0.2, 0) is 6.42 Å². The van der Waals surface area contributed by atoms with E-state index in [1.807, 2.05) is 12.1 Å². The molecular formula is C27H27BrN2O2. The van der Waals surface area contributed by atoms with Crippen LogP contribution in [0.4, 0.5) is 0 Å². The molecule has 4 nitrogen and oxygen atoms in total. The fourth-order valence-corrected chi connectivity index (χ4v) is 4.13. The standard InChI is InChI=1S/C27H27BrN2O2/c1-31-25-14-11-20(18-26(25)32-2)27-23(22-7-3-4-8-24(22)30-27)15-17-29-16-5-6-19-9-12-21(28)13-10-19/h3-14,18,29-30H,15-17H2,1-2H3. The number of aromatic amines is 1. The van der Waals surface area contributed by atoms with Gasteiger partial charge in [-0.1, -0.05) is 58.4 Å². The maximum Gasteiger partial charge on any atom is 0.161 e. The zero-order valence-corrected chi connectivity index (χ0v) is 19.9. The van der Waals surface area contributed by atoms with Gasteiger partial charge < -0.3 is 19.8 Å². The maximum atomic E-state index is 5.52. The van der Waals surface area contributed by atoms with Crippen molar-refractivity contribution in [3.8, 4) is 22.8 Å². The maximum absolute atomic E-state index is 5.52. The van der Waals surface area contributed by atoms with E-state index in [1.165, 1.54) is 16.5 Å². The lowest BCUT2D eigenvalue weighted by Crippen LogP contribution is -2.17. The van der Waals surface area contributed by atoms with Crippen LogP contribution in [0, 0.1) is 0 Å². The highest BCUT2D eigenvalue weighted by Gasteiger charge is 2.14. The van der Waals surface area contributed by atoms with Crippen LogP contribution in [0.5, 0.6) is 11.5 Å². The van der Waals surface area contributed by atoms with E-state index in [2.05, 4.69) is 93.0 Å². The molecule has 0 atom stereocenters. The lowest BCUT2D eigenvalue weighted by atomic mass is 10.0. The Balaban J connectivity index is 1.49. The number of halogens is 1. The molecule has 0 saturated carbocycles. The number of nitrogens with one attached hydrogen (secondary N) is 2. The molecule has 0 radical (unpaired) electrons. The van der Waals surface area contributed by atoms with E-state index in [4.69, 9.17) is 9.47 Å². The van der Waals surface area contributed by atoms with Crippen LogP contribution >= 0.6 is 15.9 Å². The lowest BCUT2D eigenvalue weighted by molar-refractivity contribution is 0.355. The second-order valence-electron chi connectivity index (χ2n) is 7.50. The summed E-state index contributed by atoms with van der Waals surface area (Å²) in [6.07, 6.45) is 5.22. The molecule has 1 aromatic heterocycles. The van der Waals surface area contributed by atoms with Crippen molar-refractivity contribution in [2.45, 2.75) is 6.42 Å². The summed E-state index contributed by atoms with van der Waals surface area (Å²) in [6.45, 7) is 1.71. The zero-order chi connectivity index (χ0) is 22.3. The number of rotatable bonds is 9. The van der Waals surface area contributed by atoms with Gasteiger partial charge in [-0.25, -0.2) is 0 Å². The van der Waals surface area contributed by atoms with Crippen molar-refractivity contribution in [3.63, 3.8) is 0 Å². The van der Waals surface area contributed by atoms with Gasteiger partial charge in [0.25, 0.3) is 0 Å². The van der Waals surface area contributed by atoms with E-state index >= 15 is 0 Å². The van der Waals surface area contributed by atoms with Gasteiger partial charge in [0.15, 0.2) is 11.5 Å². The van der Waals surface area contributed by atoms with Crippen molar-refractivity contribution in [1.82, 2.24) is 10.3 Å². The Labute approximate surface area is 197 Å². The van der Waals surface area contributed by atoms with Gasteiger partial charge in [0, 0.05) is 33.2 Å². The molecule has 0 aliphatic heterocycles. The molecule has 5 heteroatoms. The third-order valence-corrected chi connectivity index (χ3v) is 6.01. The van der Waals surface area contributed by atoms with Crippen LogP contribution in [0.1, 0.15) is 11.1 Å². The fraction of sp³-hybridized carbons (Fsp3) is 0.185. The predicted molar refractivity (Wildman–Crippen MR) is 137 cm³/mol. The molecule has 0 spiro atoms. The van der Waals surface area contributed by atoms with Gasteiger partial charge in [0.2, 0.25) is 0 Å². The van der Waals surface area contributed by atoms with E-state index < -0.39 is 0 Å². The van der Waals surface area contributed by atoms with Crippen LogP contribution in [0.3, 0.4) is 0 Å². The highest BCUT2D eigenvalue weighted by molar-refractivity contribution is 9.10. The van der Waals surface area contributed by atoms with Gasteiger partial charge in [0.05, 0.1) is 14.2 Å². The predicted octanol–water partition coefficient (Wildman–Crippen LogP) is 6.46. The normalized spacial score (nSPS) is 11.3. The molecule has 2 N–H and O–H groups in total. The minimum atomic E-state index is 0.728. The molecule has 4 aromatic rings. The Hall–Kier alpha value is -3.02. The van der Waals surface area contributed by atoms with Crippen molar-refractivity contribution in [2.75, 3.05) is 27.3 Å². The first-order chi connectivity index (χ1) is 15.7. The number of benzene rings is 3. The van der Waals surface area contributed by atoms with E-state index in [9.17, 15) is 0 Å². The number of methoxy groups -OCH3 is 2. The topological polar surface area (TPSA) is 46.3 Å². The van der Waals surface area contributed by atoms with Gasteiger partial charge in [-0.05, 0) is 60.5 Å². The minimum absolute atomic E-state index is 0.728. The summed E-state index contributed by atoms with van der Waals surface area (Å²) in [6, 6.07) is 22.8. The molecule has 0 bridgehead atoms. The van der Waals surface area contributed by atoms with Gasteiger partial charge in [-0.15, -0.1) is 0 Å². The molecule has 1 heterocycles. The summed E-state index contributed by atoms with van der Waals surface area (Å²) in [5.41, 5.74) is 5.85. The minimum Gasteiger partial charge on any atom is -0.493 e. The van der Waals surface area contributed by atoms with Crippen LogP contribution in [0.2, 0.25) is 0 Å². The average molecular weight is 491 g/mol. The summed E-state index contributed by atoms with van der Waals surface area (Å²) >= 11 is 3.47. The SMILES string of the molecule is COc1ccc(-c2[nH]c3ccccc3c2CCNCC=Cc2ccc(Br)cc2)cc1OC. The van der Waals surface area contributed by atoms with E-state index in [0.29, 0.717) is 0 Å². The van der Waals surface area contributed by atoms with E-state index in [1.54, 1.807) is 14.2 Å². The summed E-state index contributed by atoms with van der Waals surface area (Å²) in [5, 5.41) is 4.79. The summed E-state index contributed by atoms with van der Waals surface area (Å²) in [5.74, 6) is 1.46. The fourth-order valence-electron chi connectivity index (χ4n) is 3.87. The third-order valence-electron chi connectivity index (χ3n) is 5.48. The molecule has 32 heavy (non-hydrogen) atoms. The number of ether oxygens (including phenoxy) is 2. The van der Waals surface area contributed by atoms with Crippen molar-refractivity contribution in [3.05, 3.63) is 88.4 Å². The average Bonchev–Trinajstić information content (AvgIpc) is 3.20. The monoisotopic (exact) mass is 490 g/mol. The second kappa shape index (κ2) is 10.5. The number of hydrogen-bond acceptors (Lipinski definition) is 3. The van der Waals surface area contributed by atoms with Gasteiger partial charge >= 0.3 is 0 Å². The second-order valence-corrected chi connectivity index (χ2v) is 8.42. The molecule has 0 saturated heterocycles. The summed E-state index contributed by atoms with van der Waals surface area (Å²) < 4.78 is 12.0. The molecule has 4 rings (SSSR count). The molecule has 0 unspecified atom stereocenters. The molecule has 0 aliphatic carbocycles. The van der Waals surface area contributed by atoms with Crippen LogP contribution < -0.4 is 14.8 Å². The molecule has 164 valence electrons. The van der Waals surface area contributed by atoms with Gasteiger partial charge in [-0.2, -0.15) is 0 Å². The molecular weight excluding hydrogens is 464 g/mol. The Morgan fingerprint density at radius 2 is 1.72 bits per heavy atom. The van der Waals surface area contributed by atoms with Crippen LogP contribution in [-0.4, -0.2) is 32.3 Å². The Morgan fingerprint density at radius 3 is 2.50 bits per heavy atom. The highest BCUT2D eigenvalue weighted by Crippen LogP contribution is 2.36. The first-order valence-electron chi connectivity index (χ1n) is 10.6. The molecule has 0 amide bonds. The Kier molecular flexibility index (Phi) is 7.30. The first kappa shape index (κ1) is 22.2. The summed E-state index contributed by atoms with van der Waals surface area (Å²) in [7, 11) is 3.32. The number of fused-ring (bicyclic) bond motifs is 1. The van der Waals surface area contributed by atoms with Crippen LogP contribution in [0.25, 0.3) is 28.2 Å². The third kappa shape index (κ3) is 5.06. The summed E-state index contributed by atoms with van der Waals surface area (Å²) in [4.78, 5) is 3.61. The van der Waals surface area contributed by atoms with Crippen LogP contribution in [0.15, 0.2) is 77.3 Å². The van der Waals surface area contributed by atoms with Crippen molar-refractivity contribution < 1.29 is 9.47 Å². The number of hydrogen-bond donors (Lipinski definition) is 2. The Bertz CT molecular complexity index is 1210. The largest absolute Gasteiger partial charge is 0.493 e. The number of H-pyrrole nitrogens is 1. The molecule has 3 aromatic carbocycles. The zero-order valence-electron chi connectivity index (χ0n) is 18.3. The van der Waals surface area contributed by atoms with Crippen molar-refractivity contribution in [1.29, 1.82) is 0 Å². The van der Waals surface area contributed by atoms with E-state index in [0.717, 1.165) is 52.3 Å². The van der Waals surface area contributed by atoms with Gasteiger partial charge in [-0.3, -0.25) is 0 Å².